The molecule has 0 saturated heterocycles. The average Bonchev–Trinajstić information content (AvgIpc) is 2.34. The van der Waals surface area contributed by atoms with E-state index in [0.717, 1.165) is 16.3 Å². The quantitative estimate of drug-likeness (QED) is 0.850. The molecule has 0 radical (unpaired) electrons. The standard InChI is InChI=1S/C15H14O3/c16-14(17)11-8-15(18,9-11)13-7-3-5-10-4-1-2-6-12(10)13/h1-7,11,18H,8-9H2,(H,16,17). The van der Waals surface area contributed by atoms with Crippen molar-refractivity contribution in [2.45, 2.75) is 18.4 Å². The van der Waals surface area contributed by atoms with Gasteiger partial charge in [-0.3, -0.25) is 4.79 Å². The minimum atomic E-state index is -0.982. The molecule has 0 spiro atoms. The van der Waals surface area contributed by atoms with E-state index in [1.54, 1.807) is 0 Å². The number of benzene rings is 2. The fraction of sp³-hybridized carbons (Fsp3) is 0.267. The van der Waals surface area contributed by atoms with Crippen molar-refractivity contribution in [2.75, 3.05) is 0 Å². The monoisotopic (exact) mass is 242 g/mol. The van der Waals surface area contributed by atoms with E-state index in [0.29, 0.717) is 12.8 Å². The lowest BCUT2D eigenvalue weighted by molar-refractivity contribution is -0.159. The summed E-state index contributed by atoms with van der Waals surface area (Å²) in [6.45, 7) is 0. The van der Waals surface area contributed by atoms with Gasteiger partial charge in [0, 0.05) is 0 Å². The maximum Gasteiger partial charge on any atom is 0.306 e. The summed E-state index contributed by atoms with van der Waals surface area (Å²) in [6, 6.07) is 13.6. The first-order chi connectivity index (χ1) is 8.60. The van der Waals surface area contributed by atoms with Crippen molar-refractivity contribution in [3.63, 3.8) is 0 Å². The van der Waals surface area contributed by atoms with Crippen LogP contribution in [-0.2, 0) is 10.4 Å². The Balaban J connectivity index is 2.03. The van der Waals surface area contributed by atoms with Crippen LogP contribution in [0.3, 0.4) is 0 Å². The molecule has 0 aliphatic heterocycles. The van der Waals surface area contributed by atoms with Crippen LogP contribution in [0.2, 0.25) is 0 Å². The molecule has 3 heteroatoms. The number of aliphatic carboxylic acids is 1. The molecule has 1 aliphatic carbocycles. The van der Waals surface area contributed by atoms with E-state index in [9.17, 15) is 9.90 Å². The number of hydrogen-bond acceptors (Lipinski definition) is 2. The van der Waals surface area contributed by atoms with E-state index < -0.39 is 17.5 Å². The first kappa shape index (κ1) is 11.2. The predicted octanol–water partition coefficient (Wildman–Crippen LogP) is 2.52. The van der Waals surface area contributed by atoms with Crippen LogP contribution in [0.25, 0.3) is 10.8 Å². The Hall–Kier alpha value is -1.87. The summed E-state index contributed by atoms with van der Waals surface area (Å²) in [6.07, 6.45) is 0.604. The molecule has 18 heavy (non-hydrogen) atoms. The van der Waals surface area contributed by atoms with Gasteiger partial charge in [-0.2, -0.15) is 0 Å². The molecule has 2 aromatic rings. The number of hydrogen-bond donors (Lipinski definition) is 2. The highest BCUT2D eigenvalue weighted by atomic mass is 16.4. The molecule has 0 unspecified atom stereocenters. The van der Waals surface area contributed by atoms with Gasteiger partial charge in [0.15, 0.2) is 0 Å². The van der Waals surface area contributed by atoms with Gasteiger partial charge in [-0.1, -0.05) is 42.5 Å². The van der Waals surface area contributed by atoms with Crippen molar-refractivity contribution >= 4 is 16.7 Å². The highest BCUT2D eigenvalue weighted by Gasteiger charge is 2.47. The molecular formula is C15H14O3. The molecule has 1 saturated carbocycles. The Labute approximate surface area is 105 Å². The van der Waals surface area contributed by atoms with Crippen molar-refractivity contribution in [3.8, 4) is 0 Å². The summed E-state index contributed by atoms with van der Waals surface area (Å²) in [5.41, 5.74) is -0.137. The molecule has 3 nitrogen and oxygen atoms in total. The molecule has 1 fully saturated rings. The van der Waals surface area contributed by atoms with E-state index in [1.165, 1.54) is 0 Å². The number of carboxylic acid groups (broad SMARTS) is 1. The summed E-state index contributed by atoms with van der Waals surface area (Å²) in [5, 5.41) is 21.5. The van der Waals surface area contributed by atoms with E-state index in [1.807, 2.05) is 42.5 Å². The second-order valence-electron chi connectivity index (χ2n) is 5.00. The van der Waals surface area contributed by atoms with Gasteiger partial charge in [-0.15, -0.1) is 0 Å². The van der Waals surface area contributed by atoms with Crippen LogP contribution in [0.15, 0.2) is 42.5 Å². The van der Waals surface area contributed by atoms with Crippen LogP contribution in [0.4, 0.5) is 0 Å². The molecule has 1 aliphatic rings. The normalized spacial score (nSPS) is 26.8. The zero-order chi connectivity index (χ0) is 12.8. The molecule has 92 valence electrons. The van der Waals surface area contributed by atoms with Gasteiger partial charge in [0.05, 0.1) is 11.5 Å². The fourth-order valence-corrected chi connectivity index (χ4v) is 2.78. The summed E-state index contributed by atoms with van der Waals surface area (Å²) in [4.78, 5) is 10.9. The summed E-state index contributed by atoms with van der Waals surface area (Å²) >= 11 is 0. The molecule has 2 aromatic carbocycles. The Morgan fingerprint density at radius 1 is 1.11 bits per heavy atom. The molecule has 0 atom stereocenters. The Morgan fingerprint density at radius 2 is 1.78 bits per heavy atom. The minimum absolute atomic E-state index is 0.302. The maximum absolute atomic E-state index is 10.9. The average molecular weight is 242 g/mol. The van der Waals surface area contributed by atoms with E-state index >= 15 is 0 Å². The highest BCUT2D eigenvalue weighted by molar-refractivity contribution is 5.87. The van der Waals surface area contributed by atoms with Crippen LogP contribution < -0.4 is 0 Å². The number of fused-ring (bicyclic) bond motifs is 1. The van der Waals surface area contributed by atoms with Gasteiger partial charge in [-0.25, -0.2) is 0 Å². The van der Waals surface area contributed by atoms with E-state index in [-0.39, 0.29) is 0 Å². The lowest BCUT2D eigenvalue weighted by Crippen LogP contribution is -2.44. The van der Waals surface area contributed by atoms with E-state index in [4.69, 9.17) is 5.11 Å². The predicted molar refractivity (Wildman–Crippen MR) is 68.2 cm³/mol. The third-order valence-corrected chi connectivity index (χ3v) is 3.81. The molecule has 0 amide bonds. The van der Waals surface area contributed by atoms with Crippen molar-refractivity contribution in [3.05, 3.63) is 48.0 Å². The van der Waals surface area contributed by atoms with Crippen molar-refractivity contribution in [2.24, 2.45) is 5.92 Å². The first-order valence-electron chi connectivity index (χ1n) is 6.03. The Morgan fingerprint density at radius 3 is 2.50 bits per heavy atom. The van der Waals surface area contributed by atoms with E-state index in [2.05, 4.69) is 0 Å². The second kappa shape index (κ2) is 3.82. The molecule has 3 rings (SSSR count). The van der Waals surface area contributed by atoms with Gasteiger partial charge in [0.2, 0.25) is 0 Å². The van der Waals surface area contributed by atoms with Crippen molar-refractivity contribution in [1.82, 2.24) is 0 Å². The molecule has 2 N–H and O–H groups in total. The largest absolute Gasteiger partial charge is 0.481 e. The summed E-state index contributed by atoms with van der Waals surface area (Å²) in [7, 11) is 0. The number of carboxylic acids is 1. The lowest BCUT2D eigenvalue weighted by atomic mass is 9.66. The van der Waals surface area contributed by atoms with Gasteiger partial charge in [0.25, 0.3) is 0 Å². The van der Waals surface area contributed by atoms with Gasteiger partial charge < -0.3 is 10.2 Å². The van der Waals surface area contributed by atoms with Crippen molar-refractivity contribution in [1.29, 1.82) is 0 Å². The Kier molecular flexibility index (Phi) is 2.38. The molecular weight excluding hydrogens is 228 g/mol. The fourth-order valence-electron chi connectivity index (χ4n) is 2.78. The third kappa shape index (κ3) is 1.59. The zero-order valence-electron chi connectivity index (χ0n) is 9.84. The van der Waals surface area contributed by atoms with Crippen LogP contribution in [0, 0.1) is 5.92 Å². The van der Waals surface area contributed by atoms with Crippen LogP contribution in [0.1, 0.15) is 18.4 Å². The zero-order valence-corrected chi connectivity index (χ0v) is 9.84. The SMILES string of the molecule is O=C(O)C1CC(O)(c2cccc3ccccc23)C1. The number of rotatable bonds is 2. The highest BCUT2D eigenvalue weighted by Crippen LogP contribution is 2.47. The number of carbonyl (C=O) groups is 1. The van der Waals surface area contributed by atoms with Crippen LogP contribution >= 0.6 is 0 Å². The second-order valence-corrected chi connectivity index (χ2v) is 5.00. The lowest BCUT2D eigenvalue weighted by Gasteiger charge is -2.42. The third-order valence-electron chi connectivity index (χ3n) is 3.81. The maximum atomic E-state index is 10.9. The van der Waals surface area contributed by atoms with Gasteiger partial charge in [0.1, 0.15) is 0 Å². The molecule has 0 aromatic heterocycles. The van der Waals surface area contributed by atoms with Crippen LogP contribution in [-0.4, -0.2) is 16.2 Å². The molecule has 0 heterocycles. The van der Waals surface area contributed by atoms with Crippen LogP contribution in [0.5, 0.6) is 0 Å². The Bertz CT molecular complexity index is 607. The summed E-state index contributed by atoms with van der Waals surface area (Å²) in [5.74, 6) is -1.24. The summed E-state index contributed by atoms with van der Waals surface area (Å²) < 4.78 is 0. The smallest absolute Gasteiger partial charge is 0.306 e. The van der Waals surface area contributed by atoms with Crippen molar-refractivity contribution < 1.29 is 15.0 Å². The first-order valence-corrected chi connectivity index (χ1v) is 6.03. The van der Waals surface area contributed by atoms with Gasteiger partial charge >= 0.3 is 5.97 Å². The molecule has 0 bridgehead atoms. The minimum Gasteiger partial charge on any atom is -0.481 e. The number of aliphatic hydroxyl groups is 1. The van der Waals surface area contributed by atoms with Gasteiger partial charge in [-0.05, 0) is 29.2 Å². The topological polar surface area (TPSA) is 57.5 Å².